The monoisotopic (exact) mass is 736 g/mol. The molecular formula is C40H47F3N4O4S. The smallest absolute Gasteiger partial charge is 0.416 e. The minimum absolute atomic E-state index is 0.0589. The molecule has 0 bridgehead atoms. The molecule has 1 aromatic heterocycles. The van der Waals surface area contributed by atoms with E-state index in [4.69, 9.17) is 9.72 Å². The van der Waals surface area contributed by atoms with Gasteiger partial charge in [-0.3, -0.25) is 9.69 Å². The fourth-order valence-corrected chi connectivity index (χ4v) is 8.55. The zero-order valence-corrected chi connectivity index (χ0v) is 30.8. The van der Waals surface area contributed by atoms with Gasteiger partial charge in [0.25, 0.3) is 5.91 Å². The zero-order valence-electron chi connectivity index (χ0n) is 30.0. The molecule has 2 aliphatic heterocycles. The number of piperidine rings is 2. The van der Waals surface area contributed by atoms with Crippen LogP contribution in [0.2, 0.25) is 0 Å². The van der Waals surface area contributed by atoms with Gasteiger partial charge in [0, 0.05) is 35.2 Å². The minimum atomic E-state index is -4.60. The van der Waals surface area contributed by atoms with Crippen molar-refractivity contribution in [2.75, 3.05) is 38.5 Å². The molecular weight excluding hydrogens is 690 g/mol. The van der Waals surface area contributed by atoms with E-state index in [0.29, 0.717) is 17.0 Å². The highest BCUT2D eigenvalue weighted by Crippen LogP contribution is 2.39. The third-order valence-corrected chi connectivity index (χ3v) is 12.1. The maximum absolute atomic E-state index is 14.7. The summed E-state index contributed by atoms with van der Waals surface area (Å²) in [6, 6.07) is 17.4. The lowest BCUT2D eigenvalue weighted by molar-refractivity contribution is -0.137. The number of sulfone groups is 1. The lowest BCUT2D eigenvalue weighted by Crippen LogP contribution is -2.46. The third-order valence-electron chi connectivity index (χ3n) is 10.3. The van der Waals surface area contributed by atoms with Crippen LogP contribution in [-0.4, -0.2) is 73.7 Å². The number of amides is 1. The van der Waals surface area contributed by atoms with E-state index < -0.39 is 33.5 Å². The second-order valence-corrected chi connectivity index (χ2v) is 16.0. The first-order chi connectivity index (χ1) is 24.9. The Hall–Kier alpha value is -4.00. The Labute approximate surface area is 304 Å². The van der Waals surface area contributed by atoms with Crippen molar-refractivity contribution in [2.45, 2.75) is 82.6 Å². The molecule has 1 amide bonds. The normalized spacial score (nSPS) is 17.3. The molecule has 3 aromatic carbocycles. The third kappa shape index (κ3) is 8.29. The molecule has 2 fully saturated rings. The summed E-state index contributed by atoms with van der Waals surface area (Å²) in [7, 11) is -3.82. The molecule has 2 aliphatic rings. The van der Waals surface area contributed by atoms with Crippen LogP contribution in [0.5, 0.6) is 5.75 Å². The Morgan fingerprint density at radius 2 is 1.67 bits per heavy atom. The molecule has 0 spiro atoms. The van der Waals surface area contributed by atoms with Crippen molar-refractivity contribution in [1.82, 2.24) is 20.1 Å². The van der Waals surface area contributed by atoms with Crippen LogP contribution in [0.1, 0.15) is 86.0 Å². The lowest BCUT2D eigenvalue weighted by atomic mass is 9.93. The fraction of sp³-hybridized carbons (Fsp3) is 0.450. The number of fused-ring (bicyclic) bond motifs is 1. The number of hydrogen-bond donors (Lipinski definition) is 1. The first kappa shape index (κ1) is 37.7. The van der Waals surface area contributed by atoms with Crippen LogP contribution >= 0.6 is 0 Å². The van der Waals surface area contributed by atoms with Crippen LogP contribution in [0.3, 0.4) is 0 Å². The van der Waals surface area contributed by atoms with E-state index in [1.165, 1.54) is 37.5 Å². The van der Waals surface area contributed by atoms with Crippen molar-refractivity contribution >= 4 is 26.6 Å². The molecule has 2 saturated heterocycles. The summed E-state index contributed by atoms with van der Waals surface area (Å²) in [6.45, 7) is 9.20. The topological polar surface area (TPSA) is 91.8 Å². The molecule has 52 heavy (non-hydrogen) atoms. The highest BCUT2D eigenvalue weighted by atomic mass is 32.2. The van der Waals surface area contributed by atoms with Gasteiger partial charge in [0.15, 0.2) is 9.84 Å². The number of likely N-dealkylation sites (tertiary alicyclic amines) is 2. The molecule has 6 rings (SSSR count). The molecule has 4 aromatic rings. The standard InChI is InChI=1S/C40H47F3N4O4S/c1-4-51-35-25-34-32(24-36(35)52(49,50)5-2)37(39(48)44-27(3)28-13-8-6-9-14-28)33(38(45-34)29-15-12-16-30(23-29)40(41,42)43)26-46-21-17-31(18-22-46)47-19-10-7-11-20-47/h6,8-9,12-16,23-25,27,31H,4-5,7,10-11,17-22,26H2,1-3H3,(H,44,48)/t27-/m0/s1. The van der Waals surface area contributed by atoms with Gasteiger partial charge in [0.05, 0.1) is 40.7 Å². The maximum atomic E-state index is 14.7. The minimum Gasteiger partial charge on any atom is -0.492 e. The quantitative estimate of drug-likeness (QED) is 0.167. The summed E-state index contributed by atoms with van der Waals surface area (Å²) < 4.78 is 74.9. The number of alkyl halides is 3. The number of carbonyl (C=O) groups is 1. The molecule has 1 N–H and O–H groups in total. The van der Waals surface area contributed by atoms with Crippen molar-refractivity contribution in [3.8, 4) is 17.0 Å². The number of benzene rings is 3. The van der Waals surface area contributed by atoms with Gasteiger partial charge in [-0.25, -0.2) is 13.4 Å². The molecule has 12 heteroatoms. The molecule has 0 aliphatic carbocycles. The van der Waals surface area contributed by atoms with E-state index in [1.54, 1.807) is 19.9 Å². The van der Waals surface area contributed by atoms with Crippen molar-refractivity contribution < 1.29 is 31.1 Å². The number of carbonyl (C=O) groups excluding carboxylic acids is 1. The second-order valence-electron chi connectivity index (χ2n) is 13.8. The summed E-state index contributed by atoms with van der Waals surface area (Å²) in [6.07, 6.45) is 0.921. The lowest BCUT2D eigenvalue weighted by Gasteiger charge is -2.40. The summed E-state index contributed by atoms with van der Waals surface area (Å²) in [4.78, 5) is 24.4. The average Bonchev–Trinajstić information content (AvgIpc) is 3.15. The molecule has 3 heterocycles. The van der Waals surface area contributed by atoms with Crippen molar-refractivity contribution in [2.24, 2.45) is 0 Å². The SMILES string of the molecule is CCOc1cc2nc(-c3cccc(C(F)(F)F)c3)c(CN3CCC(N4CCCCC4)CC3)c(C(=O)N[C@@H](C)c3ccccc3)c2cc1S(=O)(=O)CC. The molecule has 0 unspecified atom stereocenters. The molecule has 8 nitrogen and oxygen atoms in total. The van der Waals surface area contributed by atoms with Crippen LogP contribution in [0.4, 0.5) is 13.2 Å². The van der Waals surface area contributed by atoms with Gasteiger partial charge in [-0.05, 0) is 89.5 Å². The fourth-order valence-electron chi connectivity index (χ4n) is 7.52. The van der Waals surface area contributed by atoms with E-state index in [-0.39, 0.29) is 51.9 Å². The van der Waals surface area contributed by atoms with E-state index in [0.717, 1.165) is 56.7 Å². The highest BCUT2D eigenvalue weighted by molar-refractivity contribution is 7.91. The van der Waals surface area contributed by atoms with E-state index in [1.807, 2.05) is 37.3 Å². The molecule has 0 saturated carbocycles. The summed E-state index contributed by atoms with van der Waals surface area (Å²) in [5.74, 6) is -0.588. The van der Waals surface area contributed by atoms with Crippen molar-refractivity contribution in [3.63, 3.8) is 0 Å². The van der Waals surface area contributed by atoms with Crippen LogP contribution < -0.4 is 10.1 Å². The van der Waals surface area contributed by atoms with Crippen LogP contribution in [-0.2, 0) is 22.6 Å². The van der Waals surface area contributed by atoms with Gasteiger partial charge in [0.1, 0.15) is 10.6 Å². The number of halogens is 3. The van der Waals surface area contributed by atoms with Crippen LogP contribution in [0.15, 0.2) is 71.6 Å². The first-order valence-electron chi connectivity index (χ1n) is 18.3. The van der Waals surface area contributed by atoms with Crippen LogP contribution in [0.25, 0.3) is 22.2 Å². The Morgan fingerprint density at radius 3 is 2.33 bits per heavy atom. The number of nitrogens with zero attached hydrogens (tertiary/aromatic N) is 3. The van der Waals surface area contributed by atoms with Gasteiger partial charge < -0.3 is 15.0 Å². The van der Waals surface area contributed by atoms with E-state index >= 15 is 0 Å². The van der Waals surface area contributed by atoms with E-state index in [2.05, 4.69) is 15.1 Å². The van der Waals surface area contributed by atoms with E-state index in [9.17, 15) is 26.4 Å². The summed E-state index contributed by atoms with van der Waals surface area (Å²) in [5, 5.41) is 3.40. The Bertz CT molecular complexity index is 1990. The zero-order chi connectivity index (χ0) is 37.0. The number of rotatable bonds is 11. The number of ether oxygens (including phenoxy) is 1. The van der Waals surface area contributed by atoms with Crippen LogP contribution in [0, 0.1) is 0 Å². The van der Waals surface area contributed by atoms with Gasteiger partial charge in [-0.2, -0.15) is 13.2 Å². The Balaban J connectivity index is 1.55. The van der Waals surface area contributed by atoms with Gasteiger partial charge in [-0.15, -0.1) is 0 Å². The summed E-state index contributed by atoms with van der Waals surface area (Å²) >= 11 is 0. The predicted molar refractivity (Wildman–Crippen MR) is 197 cm³/mol. The summed E-state index contributed by atoms with van der Waals surface area (Å²) in [5.41, 5.74) is 1.37. The number of pyridine rings is 1. The van der Waals surface area contributed by atoms with Crippen molar-refractivity contribution in [1.29, 1.82) is 0 Å². The predicted octanol–water partition coefficient (Wildman–Crippen LogP) is 8.05. The first-order valence-corrected chi connectivity index (χ1v) is 19.9. The van der Waals surface area contributed by atoms with Gasteiger partial charge in [-0.1, -0.05) is 55.8 Å². The number of aromatic nitrogens is 1. The Morgan fingerprint density at radius 1 is 0.962 bits per heavy atom. The highest BCUT2D eigenvalue weighted by Gasteiger charge is 2.33. The molecule has 0 radical (unpaired) electrons. The van der Waals surface area contributed by atoms with Crippen molar-refractivity contribution in [3.05, 3.63) is 89.0 Å². The average molecular weight is 737 g/mol. The number of hydrogen-bond acceptors (Lipinski definition) is 7. The molecule has 1 atom stereocenters. The second kappa shape index (κ2) is 15.9. The van der Waals surface area contributed by atoms with Gasteiger partial charge in [0.2, 0.25) is 0 Å². The number of nitrogens with one attached hydrogen (secondary N) is 1. The largest absolute Gasteiger partial charge is 0.492 e. The molecule has 278 valence electrons. The Kier molecular flexibility index (Phi) is 11.6. The maximum Gasteiger partial charge on any atom is 0.416 e. The van der Waals surface area contributed by atoms with Gasteiger partial charge >= 0.3 is 6.18 Å².